The second-order valence-electron chi connectivity index (χ2n) is 5.60. The number of halogens is 2. The molecule has 24 heavy (non-hydrogen) atoms. The van der Waals surface area contributed by atoms with E-state index in [0.717, 1.165) is 11.4 Å². The number of carbonyl (C=O) groups is 1. The monoisotopic (exact) mass is 392 g/mol. The third kappa shape index (κ3) is 3.53. The average Bonchev–Trinajstić information content (AvgIpc) is 2.61. The Hall–Kier alpha value is -2.08. The van der Waals surface area contributed by atoms with E-state index in [0.29, 0.717) is 30.7 Å². The van der Waals surface area contributed by atoms with Gasteiger partial charge in [-0.2, -0.15) is 0 Å². The number of hydrogen-bond donors (Lipinski definition) is 0. The summed E-state index contributed by atoms with van der Waals surface area (Å²) in [6, 6.07) is 12.4. The maximum absolute atomic E-state index is 14.0. The van der Waals surface area contributed by atoms with E-state index in [1.807, 2.05) is 24.3 Å². The minimum atomic E-state index is -0.496. The standard InChI is InChI=1S/C18H18BrFN2O2/c1-24-15-4-2-3-14(12-15)21-7-9-22(10-8-21)18(23)16-6-5-13(19)11-17(16)20/h2-6,11-12H,7-10H2,1H3. The summed E-state index contributed by atoms with van der Waals surface area (Å²) in [7, 11) is 1.64. The topological polar surface area (TPSA) is 32.8 Å². The molecule has 0 aliphatic carbocycles. The van der Waals surface area contributed by atoms with Gasteiger partial charge >= 0.3 is 0 Å². The summed E-state index contributed by atoms with van der Waals surface area (Å²) in [5.74, 6) is 0.0535. The fourth-order valence-corrected chi connectivity index (χ4v) is 3.14. The fraction of sp³-hybridized carbons (Fsp3) is 0.278. The SMILES string of the molecule is COc1cccc(N2CCN(C(=O)c3ccc(Br)cc3F)CC2)c1. The van der Waals surface area contributed by atoms with Crippen LogP contribution in [0.5, 0.6) is 5.75 Å². The van der Waals surface area contributed by atoms with E-state index in [1.165, 1.54) is 12.1 Å². The van der Waals surface area contributed by atoms with Crippen molar-refractivity contribution in [2.75, 3.05) is 38.2 Å². The second kappa shape index (κ2) is 7.21. The van der Waals surface area contributed by atoms with Gasteiger partial charge in [0, 0.05) is 42.4 Å². The molecule has 0 spiro atoms. The second-order valence-corrected chi connectivity index (χ2v) is 6.52. The van der Waals surface area contributed by atoms with E-state index in [9.17, 15) is 9.18 Å². The van der Waals surface area contributed by atoms with Crippen LogP contribution in [0.15, 0.2) is 46.9 Å². The molecule has 1 aliphatic heterocycles. The summed E-state index contributed by atoms with van der Waals surface area (Å²) >= 11 is 3.21. The molecule has 1 heterocycles. The van der Waals surface area contributed by atoms with Crippen LogP contribution >= 0.6 is 15.9 Å². The lowest BCUT2D eigenvalue weighted by molar-refractivity contribution is 0.0742. The molecule has 0 unspecified atom stereocenters. The molecule has 0 aromatic heterocycles. The van der Waals surface area contributed by atoms with Crippen LogP contribution in [0.2, 0.25) is 0 Å². The van der Waals surface area contributed by atoms with Crippen molar-refractivity contribution in [3.63, 3.8) is 0 Å². The van der Waals surface area contributed by atoms with Gasteiger partial charge in [0.25, 0.3) is 5.91 Å². The van der Waals surface area contributed by atoms with Gasteiger partial charge in [0.2, 0.25) is 0 Å². The summed E-state index contributed by atoms with van der Waals surface area (Å²) < 4.78 is 19.9. The molecule has 0 atom stereocenters. The first-order valence-corrected chi connectivity index (χ1v) is 8.51. The molecule has 0 radical (unpaired) electrons. The first-order chi connectivity index (χ1) is 11.6. The highest BCUT2D eigenvalue weighted by Crippen LogP contribution is 2.23. The molecule has 4 nitrogen and oxygen atoms in total. The number of benzene rings is 2. The fourth-order valence-electron chi connectivity index (χ4n) is 2.81. The van der Waals surface area contributed by atoms with Crippen molar-refractivity contribution in [2.45, 2.75) is 0 Å². The average molecular weight is 393 g/mol. The number of nitrogens with zero attached hydrogens (tertiary/aromatic N) is 2. The van der Waals surface area contributed by atoms with Crippen LogP contribution in [-0.2, 0) is 0 Å². The molecule has 1 aliphatic rings. The smallest absolute Gasteiger partial charge is 0.256 e. The van der Waals surface area contributed by atoms with E-state index in [2.05, 4.69) is 20.8 Å². The highest BCUT2D eigenvalue weighted by Gasteiger charge is 2.24. The molecule has 6 heteroatoms. The van der Waals surface area contributed by atoms with E-state index >= 15 is 0 Å². The highest BCUT2D eigenvalue weighted by atomic mass is 79.9. The van der Waals surface area contributed by atoms with Gasteiger partial charge in [-0.05, 0) is 30.3 Å². The number of hydrogen-bond acceptors (Lipinski definition) is 3. The van der Waals surface area contributed by atoms with Gasteiger partial charge in [-0.25, -0.2) is 4.39 Å². The molecule has 0 bridgehead atoms. The Morgan fingerprint density at radius 1 is 1.12 bits per heavy atom. The van der Waals surface area contributed by atoms with Crippen molar-refractivity contribution in [1.82, 2.24) is 4.90 Å². The number of piperazine rings is 1. The Morgan fingerprint density at radius 3 is 2.54 bits per heavy atom. The van der Waals surface area contributed by atoms with E-state index < -0.39 is 5.82 Å². The molecule has 2 aromatic carbocycles. The molecule has 2 aromatic rings. The summed E-state index contributed by atoms with van der Waals surface area (Å²) in [5.41, 5.74) is 1.18. The van der Waals surface area contributed by atoms with Gasteiger partial charge in [-0.1, -0.05) is 22.0 Å². The van der Waals surface area contributed by atoms with Crippen molar-refractivity contribution in [3.8, 4) is 5.75 Å². The van der Waals surface area contributed by atoms with E-state index in [1.54, 1.807) is 18.1 Å². The van der Waals surface area contributed by atoms with Crippen molar-refractivity contribution in [2.24, 2.45) is 0 Å². The largest absolute Gasteiger partial charge is 0.497 e. The Bertz CT molecular complexity index is 746. The number of carbonyl (C=O) groups excluding carboxylic acids is 1. The van der Waals surface area contributed by atoms with Crippen molar-refractivity contribution in [1.29, 1.82) is 0 Å². The maximum Gasteiger partial charge on any atom is 0.256 e. The minimum Gasteiger partial charge on any atom is -0.497 e. The number of ether oxygens (including phenoxy) is 1. The van der Waals surface area contributed by atoms with Gasteiger partial charge in [-0.3, -0.25) is 4.79 Å². The normalized spacial score (nSPS) is 14.6. The third-order valence-corrected chi connectivity index (χ3v) is 4.64. The van der Waals surface area contributed by atoms with Crippen LogP contribution in [0.3, 0.4) is 0 Å². The summed E-state index contributed by atoms with van der Waals surface area (Å²) in [6.45, 7) is 2.53. The lowest BCUT2D eigenvalue weighted by Crippen LogP contribution is -2.49. The number of anilines is 1. The van der Waals surface area contributed by atoms with Gasteiger partial charge < -0.3 is 14.5 Å². The van der Waals surface area contributed by atoms with Crippen LogP contribution in [-0.4, -0.2) is 44.1 Å². The summed E-state index contributed by atoms with van der Waals surface area (Å²) in [6.07, 6.45) is 0. The molecule has 1 saturated heterocycles. The Labute approximate surface area is 149 Å². The predicted molar refractivity (Wildman–Crippen MR) is 95.2 cm³/mol. The van der Waals surface area contributed by atoms with E-state index in [-0.39, 0.29) is 11.5 Å². The molecule has 3 rings (SSSR count). The molecule has 0 N–H and O–H groups in total. The van der Waals surface area contributed by atoms with Crippen LogP contribution < -0.4 is 9.64 Å². The van der Waals surface area contributed by atoms with Crippen LogP contribution in [0.25, 0.3) is 0 Å². The molecule has 126 valence electrons. The molecular formula is C18H18BrFN2O2. The Balaban J connectivity index is 1.67. The van der Waals surface area contributed by atoms with Crippen molar-refractivity contribution >= 4 is 27.5 Å². The van der Waals surface area contributed by atoms with Crippen LogP contribution in [0.1, 0.15) is 10.4 Å². The number of methoxy groups -OCH3 is 1. The van der Waals surface area contributed by atoms with Crippen molar-refractivity contribution < 1.29 is 13.9 Å². The van der Waals surface area contributed by atoms with Crippen LogP contribution in [0, 0.1) is 5.82 Å². The molecule has 1 amide bonds. The zero-order valence-electron chi connectivity index (χ0n) is 13.3. The number of rotatable bonds is 3. The van der Waals surface area contributed by atoms with E-state index in [4.69, 9.17) is 4.74 Å². The zero-order chi connectivity index (χ0) is 17.1. The minimum absolute atomic E-state index is 0.119. The maximum atomic E-state index is 14.0. The quantitative estimate of drug-likeness (QED) is 0.800. The lowest BCUT2D eigenvalue weighted by atomic mass is 10.1. The first-order valence-electron chi connectivity index (χ1n) is 7.72. The Morgan fingerprint density at radius 2 is 1.88 bits per heavy atom. The predicted octanol–water partition coefficient (Wildman–Crippen LogP) is 3.56. The molecule has 0 saturated carbocycles. The summed E-state index contributed by atoms with van der Waals surface area (Å²) in [5, 5.41) is 0. The van der Waals surface area contributed by atoms with Gasteiger partial charge in [0.1, 0.15) is 11.6 Å². The lowest BCUT2D eigenvalue weighted by Gasteiger charge is -2.36. The van der Waals surface area contributed by atoms with Gasteiger partial charge in [0.15, 0.2) is 0 Å². The molecule has 1 fully saturated rings. The van der Waals surface area contributed by atoms with Gasteiger partial charge in [-0.15, -0.1) is 0 Å². The summed E-state index contributed by atoms with van der Waals surface area (Å²) in [4.78, 5) is 16.4. The highest BCUT2D eigenvalue weighted by molar-refractivity contribution is 9.10. The third-order valence-electron chi connectivity index (χ3n) is 4.15. The first kappa shape index (κ1) is 16.8. The molecular weight excluding hydrogens is 375 g/mol. The number of amides is 1. The van der Waals surface area contributed by atoms with Crippen molar-refractivity contribution in [3.05, 3.63) is 58.3 Å². The van der Waals surface area contributed by atoms with Gasteiger partial charge in [0.05, 0.1) is 12.7 Å². The Kier molecular flexibility index (Phi) is 5.04. The van der Waals surface area contributed by atoms with Crippen LogP contribution in [0.4, 0.5) is 10.1 Å². The zero-order valence-corrected chi connectivity index (χ0v) is 14.9.